The molecule has 0 fully saturated rings. The topological polar surface area (TPSA) is 56.7 Å². The second-order valence-corrected chi connectivity index (χ2v) is 7.19. The van der Waals surface area contributed by atoms with Crippen LogP contribution in [-0.2, 0) is 6.54 Å². The zero-order chi connectivity index (χ0) is 20.3. The predicted octanol–water partition coefficient (Wildman–Crippen LogP) is 5.62. The van der Waals surface area contributed by atoms with Gasteiger partial charge in [0.25, 0.3) is 0 Å². The Morgan fingerprint density at radius 3 is 2.03 bits per heavy atom. The van der Waals surface area contributed by atoms with Crippen LogP contribution in [0.15, 0.2) is 95.6 Å². The van der Waals surface area contributed by atoms with Crippen LogP contribution in [0.2, 0.25) is 0 Å². The van der Waals surface area contributed by atoms with E-state index in [-0.39, 0.29) is 0 Å². The van der Waals surface area contributed by atoms with E-state index in [0.29, 0.717) is 6.54 Å². The fraction of sp³-hybridized carbons (Fsp3) is 0.0800. The van der Waals surface area contributed by atoms with Gasteiger partial charge >= 0.3 is 0 Å². The van der Waals surface area contributed by atoms with E-state index >= 15 is 0 Å². The van der Waals surface area contributed by atoms with Crippen LogP contribution in [0.25, 0.3) is 33.7 Å². The Bertz CT molecular complexity index is 1260. The van der Waals surface area contributed by atoms with E-state index in [9.17, 15) is 0 Å². The Kier molecular flexibility index (Phi) is 4.69. The molecule has 5 heteroatoms. The first-order valence-corrected chi connectivity index (χ1v) is 9.84. The van der Waals surface area contributed by atoms with Crippen molar-refractivity contribution >= 4 is 0 Å². The monoisotopic (exact) mass is 392 g/mol. The summed E-state index contributed by atoms with van der Waals surface area (Å²) in [6.45, 7) is 2.50. The van der Waals surface area contributed by atoms with E-state index < -0.39 is 0 Å². The van der Waals surface area contributed by atoms with Crippen LogP contribution >= 0.6 is 0 Å². The lowest BCUT2D eigenvalue weighted by atomic mass is 10.0. The first-order valence-electron chi connectivity index (χ1n) is 9.84. The Balaban J connectivity index is 1.42. The molecule has 0 unspecified atom stereocenters. The largest absolute Gasteiger partial charge is 0.356 e. The van der Waals surface area contributed by atoms with Crippen molar-refractivity contribution in [2.24, 2.45) is 0 Å². The lowest BCUT2D eigenvalue weighted by Gasteiger charge is -2.05. The fourth-order valence-corrected chi connectivity index (χ4v) is 3.53. The zero-order valence-corrected chi connectivity index (χ0v) is 16.6. The minimum atomic E-state index is 0.547. The van der Waals surface area contributed by atoms with Gasteiger partial charge in [-0.25, -0.2) is 4.68 Å². The number of aromatic nitrogens is 4. The lowest BCUT2D eigenvalue weighted by Crippen LogP contribution is -2.02. The summed E-state index contributed by atoms with van der Waals surface area (Å²) in [5.74, 6) is 0.767. The van der Waals surface area contributed by atoms with Gasteiger partial charge in [-0.2, -0.15) is 0 Å². The van der Waals surface area contributed by atoms with Crippen LogP contribution in [-0.4, -0.2) is 20.2 Å². The summed E-state index contributed by atoms with van der Waals surface area (Å²) in [4.78, 5) is 0. The first kappa shape index (κ1) is 18.1. The third kappa shape index (κ3) is 3.53. The van der Waals surface area contributed by atoms with Gasteiger partial charge in [-0.15, -0.1) is 5.10 Å². The summed E-state index contributed by atoms with van der Waals surface area (Å²) in [6.07, 6.45) is 1.95. The second-order valence-electron chi connectivity index (χ2n) is 7.19. The maximum Gasteiger partial charge on any atom is 0.172 e. The molecule has 5 rings (SSSR count). The molecule has 146 valence electrons. The molecule has 2 heterocycles. The molecule has 0 saturated carbocycles. The number of hydrogen-bond donors (Lipinski definition) is 0. The number of rotatable bonds is 5. The highest BCUT2D eigenvalue weighted by molar-refractivity contribution is 5.69. The summed E-state index contributed by atoms with van der Waals surface area (Å²) >= 11 is 0. The zero-order valence-electron chi connectivity index (χ0n) is 16.6. The highest BCUT2D eigenvalue weighted by atomic mass is 16.5. The molecule has 0 bridgehead atoms. The lowest BCUT2D eigenvalue weighted by molar-refractivity contribution is 0.426. The van der Waals surface area contributed by atoms with Crippen molar-refractivity contribution in [2.45, 2.75) is 13.5 Å². The molecule has 0 atom stereocenters. The third-order valence-electron chi connectivity index (χ3n) is 5.17. The molecule has 0 spiro atoms. The maximum atomic E-state index is 5.68. The molecule has 0 N–H and O–H groups in total. The van der Waals surface area contributed by atoms with Gasteiger partial charge < -0.3 is 4.52 Å². The standard InChI is InChI=1S/C25H20N4O/c1-18-23(16-29-17-24(26-28-29)21-10-6-3-7-11-21)25(30-27-18)22-14-12-20(13-15-22)19-8-4-2-5-9-19/h2-15,17H,16H2,1H3. The Morgan fingerprint density at radius 1 is 0.733 bits per heavy atom. The van der Waals surface area contributed by atoms with Gasteiger partial charge in [0, 0.05) is 16.7 Å². The molecule has 0 aliphatic carbocycles. The summed E-state index contributed by atoms with van der Waals surface area (Å²) in [5.41, 5.74) is 7.10. The molecule has 0 saturated heterocycles. The average molecular weight is 392 g/mol. The van der Waals surface area contributed by atoms with E-state index in [1.54, 1.807) is 0 Å². The van der Waals surface area contributed by atoms with Gasteiger partial charge in [-0.05, 0) is 18.1 Å². The van der Waals surface area contributed by atoms with Crippen LogP contribution in [0, 0.1) is 6.92 Å². The molecule has 0 amide bonds. The van der Waals surface area contributed by atoms with Crippen molar-refractivity contribution in [3.63, 3.8) is 0 Å². The number of benzene rings is 3. The normalized spacial score (nSPS) is 11.0. The minimum Gasteiger partial charge on any atom is -0.356 e. The second kappa shape index (κ2) is 7.79. The smallest absolute Gasteiger partial charge is 0.172 e. The summed E-state index contributed by atoms with van der Waals surface area (Å²) < 4.78 is 7.50. The summed E-state index contributed by atoms with van der Waals surface area (Å²) in [5, 5.41) is 12.8. The highest BCUT2D eigenvalue weighted by Crippen LogP contribution is 2.29. The molecule has 5 nitrogen and oxygen atoms in total. The Morgan fingerprint density at radius 2 is 1.33 bits per heavy atom. The summed E-state index contributed by atoms with van der Waals surface area (Å²) in [7, 11) is 0. The quantitative estimate of drug-likeness (QED) is 0.389. The van der Waals surface area contributed by atoms with Crippen molar-refractivity contribution in [1.29, 1.82) is 0 Å². The highest BCUT2D eigenvalue weighted by Gasteiger charge is 2.16. The third-order valence-corrected chi connectivity index (χ3v) is 5.17. The van der Waals surface area contributed by atoms with Crippen LogP contribution in [0.1, 0.15) is 11.3 Å². The number of nitrogens with zero attached hydrogens (tertiary/aromatic N) is 4. The van der Waals surface area contributed by atoms with Crippen molar-refractivity contribution in [2.75, 3.05) is 0 Å². The molecular weight excluding hydrogens is 372 g/mol. The van der Waals surface area contributed by atoms with E-state index in [1.807, 2.05) is 66.3 Å². The molecule has 30 heavy (non-hydrogen) atoms. The number of hydrogen-bond acceptors (Lipinski definition) is 4. The van der Waals surface area contributed by atoms with E-state index in [4.69, 9.17) is 4.52 Å². The molecule has 2 aromatic heterocycles. The first-order chi connectivity index (χ1) is 14.8. The van der Waals surface area contributed by atoms with Crippen LogP contribution in [0.4, 0.5) is 0 Å². The molecular formula is C25H20N4O. The average Bonchev–Trinajstić information content (AvgIpc) is 3.43. The molecule has 0 aliphatic heterocycles. The SMILES string of the molecule is Cc1noc(-c2ccc(-c3ccccc3)cc2)c1Cn1cc(-c2ccccc2)nn1. The molecule has 0 aliphatic rings. The maximum absolute atomic E-state index is 5.68. The molecule has 5 aromatic rings. The van der Waals surface area contributed by atoms with Crippen molar-refractivity contribution in [3.05, 3.63) is 102 Å². The van der Waals surface area contributed by atoms with Gasteiger partial charge in [-0.3, -0.25) is 0 Å². The Labute approximate surface area is 174 Å². The Hall–Kier alpha value is -3.99. The minimum absolute atomic E-state index is 0.547. The van der Waals surface area contributed by atoms with E-state index in [1.165, 1.54) is 11.1 Å². The van der Waals surface area contributed by atoms with Crippen molar-refractivity contribution in [1.82, 2.24) is 20.2 Å². The fourth-order valence-electron chi connectivity index (χ4n) is 3.53. The van der Waals surface area contributed by atoms with Gasteiger partial charge in [0.05, 0.1) is 18.4 Å². The van der Waals surface area contributed by atoms with Crippen LogP contribution < -0.4 is 0 Å². The van der Waals surface area contributed by atoms with Crippen molar-refractivity contribution < 1.29 is 4.52 Å². The van der Waals surface area contributed by atoms with Crippen LogP contribution in [0.5, 0.6) is 0 Å². The van der Waals surface area contributed by atoms with E-state index in [2.05, 4.69) is 51.9 Å². The molecule has 0 radical (unpaired) electrons. The molecule has 3 aromatic carbocycles. The predicted molar refractivity (Wildman–Crippen MR) is 117 cm³/mol. The van der Waals surface area contributed by atoms with Gasteiger partial charge in [0.2, 0.25) is 0 Å². The van der Waals surface area contributed by atoms with E-state index in [0.717, 1.165) is 33.8 Å². The summed E-state index contributed by atoms with van der Waals surface area (Å²) in [6, 6.07) is 28.7. The van der Waals surface area contributed by atoms with Gasteiger partial charge in [0.15, 0.2) is 5.76 Å². The van der Waals surface area contributed by atoms with Crippen LogP contribution in [0.3, 0.4) is 0 Å². The number of aryl methyl sites for hydroxylation is 1. The van der Waals surface area contributed by atoms with Gasteiger partial charge in [-0.1, -0.05) is 95.3 Å². The van der Waals surface area contributed by atoms with Crippen molar-refractivity contribution in [3.8, 4) is 33.7 Å². The van der Waals surface area contributed by atoms with Gasteiger partial charge in [0.1, 0.15) is 5.69 Å².